The summed E-state index contributed by atoms with van der Waals surface area (Å²) < 4.78 is 5.15. The van der Waals surface area contributed by atoms with Crippen molar-refractivity contribution < 1.29 is 19.4 Å². The van der Waals surface area contributed by atoms with Crippen LogP contribution in [-0.4, -0.2) is 28.9 Å². The number of hydrogen-bond donors (Lipinski definition) is 1. The number of ketones is 1. The quantitative estimate of drug-likeness (QED) is 0.332. The fourth-order valence-corrected chi connectivity index (χ4v) is 5.29. The highest BCUT2D eigenvalue weighted by molar-refractivity contribution is 7.16. The first-order chi connectivity index (χ1) is 14.3. The van der Waals surface area contributed by atoms with E-state index < -0.39 is 17.7 Å². The molecule has 6 nitrogen and oxygen atoms in total. The van der Waals surface area contributed by atoms with Crippen LogP contribution in [0.4, 0.5) is 5.13 Å². The molecule has 0 bridgehead atoms. The van der Waals surface area contributed by atoms with Crippen LogP contribution >= 0.6 is 34.3 Å². The summed E-state index contributed by atoms with van der Waals surface area (Å²) >= 11 is 8.94. The van der Waals surface area contributed by atoms with Gasteiger partial charge in [0.05, 0.1) is 23.4 Å². The van der Waals surface area contributed by atoms with Crippen molar-refractivity contribution in [2.75, 3.05) is 12.0 Å². The zero-order chi connectivity index (χ0) is 21.6. The van der Waals surface area contributed by atoms with Crippen LogP contribution in [0, 0.1) is 13.8 Å². The summed E-state index contributed by atoms with van der Waals surface area (Å²) in [6.45, 7) is 3.76. The molecule has 2 aromatic heterocycles. The summed E-state index contributed by atoms with van der Waals surface area (Å²) in [6, 6.07) is 7.60. The molecule has 1 unspecified atom stereocenters. The third kappa shape index (κ3) is 3.30. The molecule has 1 N–H and O–H groups in total. The Morgan fingerprint density at radius 2 is 2.03 bits per heavy atom. The SMILES string of the molecule is COc1ccc(/C(O)=C2\C(=O)C(=O)N(c3nc(C)c(C)s3)C2c2cccs2)cc1Cl. The molecule has 3 aromatic rings. The van der Waals surface area contributed by atoms with Gasteiger partial charge < -0.3 is 9.84 Å². The minimum absolute atomic E-state index is 0.00851. The van der Waals surface area contributed by atoms with Gasteiger partial charge in [-0.3, -0.25) is 14.5 Å². The van der Waals surface area contributed by atoms with Gasteiger partial charge in [-0.15, -0.1) is 22.7 Å². The van der Waals surface area contributed by atoms with Crippen LogP contribution < -0.4 is 9.64 Å². The molecule has 1 atom stereocenters. The van der Waals surface area contributed by atoms with Crippen molar-refractivity contribution in [1.82, 2.24) is 4.98 Å². The first-order valence-electron chi connectivity index (χ1n) is 8.95. The number of carbonyl (C=O) groups excluding carboxylic acids is 2. The maximum Gasteiger partial charge on any atom is 0.301 e. The van der Waals surface area contributed by atoms with Crippen molar-refractivity contribution in [3.8, 4) is 5.75 Å². The van der Waals surface area contributed by atoms with E-state index in [0.29, 0.717) is 16.4 Å². The van der Waals surface area contributed by atoms with Crippen molar-refractivity contribution in [1.29, 1.82) is 0 Å². The molecule has 1 aromatic carbocycles. The Labute approximate surface area is 186 Å². The number of methoxy groups -OCH3 is 1. The maximum atomic E-state index is 13.0. The number of ether oxygens (including phenoxy) is 1. The number of thiazole rings is 1. The zero-order valence-corrected chi connectivity index (χ0v) is 18.7. The molecular formula is C21H17ClN2O4S2. The number of aliphatic hydroxyl groups is 1. The molecule has 3 heterocycles. The van der Waals surface area contributed by atoms with Gasteiger partial charge in [0.25, 0.3) is 5.78 Å². The Balaban J connectivity index is 1.91. The number of nitrogens with zero attached hydrogens (tertiary/aromatic N) is 2. The van der Waals surface area contributed by atoms with Crippen molar-refractivity contribution in [2.45, 2.75) is 19.9 Å². The van der Waals surface area contributed by atoms with Gasteiger partial charge >= 0.3 is 5.91 Å². The van der Waals surface area contributed by atoms with E-state index in [4.69, 9.17) is 16.3 Å². The second kappa shape index (κ2) is 7.86. The largest absolute Gasteiger partial charge is 0.507 e. The minimum Gasteiger partial charge on any atom is -0.507 e. The number of rotatable bonds is 4. The number of aromatic nitrogens is 1. The van der Waals surface area contributed by atoms with Gasteiger partial charge in [-0.2, -0.15) is 0 Å². The summed E-state index contributed by atoms with van der Waals surface area (Å²) in [5.41, 5.74) is 1.13. The molecule has 1 aliphatic rings. The number of anilines is 1. The lowest BCUT2D eigenvalue weighted by Crippen LogP contribution is -2.29. The minimum atomic E-state index is -0.768. The number of aryl methyl sites for hydroxylation is 2. The third-order valence-electron chi connectivity index (χ3n) is 4.91. The molecule has 30 heavy (non-hydrogen) atoms. The van der Waals surface area contributed by atoms with Gasteiger partial charge in [0.1, 0.15) is 17.6 Å². The number of Topliss-reactive ketones (excluding diaryl/α,β-unsaturated/α-hetero) is 1. The Hall–Kier alpha value is -2.68. The van der Waals surface area contributed by atoms with E-state index >= 15 is 0 Å². The van der Waals surface area contributed by atoms with Crippen LogP contribution in [0.5, 0.6) is 5.75 Å². The molecule has 4 rings (SSSR count). The summed E-state index contributed by atoms with van der Waals surface area (Å²) in [7, 11) is 1.49. The molecular weight excluding hydrogens is 444 g/mol. The molecule has 1 aliphatic heterocycles. The lowest BCUT2D eigenvalue weighted by Gasteiger charge is -2.21. The van der Waals surface area contributed by atoms with Crippen molar-refractivity contribution in [2.24, 2.45) is 0 Å². The summed E-state index contributed by atoms with van der Waals surface area (Å²) in [5, 5.41) is 13.6. The summed E-state index contributed by atoms with van der Waals surface area (Å²) in [5.74, 6) is -1.33. The Kier molecular flexibility index (Phi) is 5.40. The fourth-order valence-electron chi connectivity index (χ4n) is 3.27. The molecule has 154 valence electrons. The molecule has 9 heteroatoms. The van der Waals surface area contributed by atoms with Gasteiger partial charge in [-0.1, -0.05) is 17.7 Å². The van der Waals surface area contributed by atoms with Gasteiger partial charge in [0, 0.05) is 15.3 Å². The molecule has 0 spiro atoms. The molecule has 1 fully saturated rings. The van der Waals surface area contributed by atoms with E-state index in [2.05, 4.69) is 4.98 Å². The molecule has 0 saturated carbocycles. The van der Waals surface area contributed by atoms with Crippen molar-refractivity contribution in [3.63, 3.8) is 0 Å². The Morgan fingerprint density at radius 3 is 2.60 bits per heavy atom. The first-order valence-corrected chi connectivity index (χ1v) is 11.0. The normalized spacial score (nSPS) is 18.3. The first kappa shape index (κ1) is 20.6. The number of benzene rings is 1. The highest BCUT2D eigenvalue weighted by Crippen LogP contribution is 2.45. The maximum absolute atomic E-state index is 13.0. The monoisotopic (exact) mass is 460 g/mol. The van der Waals surface area contributed by atoms with E-state index in [1.54, 1.807) is 12.1 Å². The van der Waals surface area contributed by atoms with Crippen LogP contribution in [0.15, 0.2) is 41.3 Å². The van der Waals surface area contributed by atoms with Gasteiger partial charge in [-0.25, -0.2) is 4.98 Å². The second-order valence-electron chi connectivity index (χ2n) is 6.67. The average Bonchev–Trinajstić information content (AvgIpc) is 3.42. The lowest BCUT2D eigenvalue weighted by atomic mass is 10.00. The van der Waals surface area contributed by atoms with E-state index in [-0.39, 0.29) is 16.4 Å². The number of aliphatic hydroxyl groups excluding tert-OH is 1. The molecule has 1 amide bonds. The predicted octanol–water partition coefficient (Wildman–Crippen LogP) is 5.11. The number of hydrogen-bond acceptors (Lipinski definition) is 7. The van der Waals surface area contributed by atoms with Gasteiger partial charge in [0.15, 0.2) is 5.13 Å². The highest BCUT2D eigenvalue weighted by atomic mass is 35.5. The lowest BCUT2D eigenvalue weighted by molar-refractivity contribution is -0.132. The van der Waals surface area contributed by atoms with Crippen molar-refractivity contribution >= 4 is 56.9 Å². The van der Waals surface area contributed by atoms with E-state index in [1.165, 1.54) is 40.7 Å². The number of amides is 1. The van der Waals surface area contributed by atoms with E-state index in [0.717, 1.165) is 15.4 Å². The highest BCUT2D eigenvalue weighted by Gasteiger charge is 2.48. The topological polar surface area (TPSA) is 79.7 Å². The molecule has 0 aliphatic carbocycles. The predicted molar refractivity (Wildman–Crippen MR) is 119 cm³/mol. The molecule has 0 radical (unpaired) electrons. The van der Waals surface area contributed by atoms with Crippen LogP contribution in [-0.2, 0) is 9.59 Å². The average molecular weight is 461 g/mol. The van der Waals surface area contributed by atoms with E-state index in [1.807, 2.05) is 31.4 Å². The standard InChI is InChI=1S/C21H17ClN2O4S2/c1-10-11(2)30-21(23-10)24-17(15-5-4-8-29-15)16(19(26)20(24)27)18(25)12-6-7-14(28-3)13(22)9-12/h4-9,17,25H,1-3H3/b18-16+. The third-order valence-corrected chi connectivity index (χ3v) is 7.20. The smallest absolute Gasteiger partial charge is 0.301 e. The fraction of sp³-hybridized carbons (Fsp3) is 0.190. The van der Waals surface area contributed by atoms with Crippen LogP contribution in [0.2, 0.25) is 5.02 Å². The van der Waals surface area contributed by atoms with Crippen LogP contribution in [0.1, 0.15) is 27.1 Å². The van der Waals surface area contributed by atoms with Gasteiger partial charge in [-0.05, 0) is 43.5 Å². The zero-order valence-electron chi connectivity index (χ0n) is 16.3. The van der Waals surface area contributed by atoms with E-state index in [9.17, 15) is 14.7 Å². The van der Waals surface area contributed by atoms with Gasteiger partial charge in [0.2, 0.25) is 0 Å². The summed E-state index contributed by atoms with van der Waals surface area (Å²) in [4.78, 5) is 33.6. The van der Waals surface area contributed by atoms with Crippen molar-refractivity contribution in [3.05, 3.63) is 67.3 Å². The Bertz CT molecular complexity index is 1160. The number of carbonyl (C=O) groups is 2. The van der Waals surface area contributed by atoms with Crippen LogP contribution in [0.3, 0.4) is 0 Å². The summed E-state index contributed by atoms with van der Waals surface area (Å²) in [6.07, 6.45) is 0. The van der Waals surface area contributed by atoms with Crippen LogP contribution in [0.25, 0.3) is 5.76 Å². The second-order valence-corrected chi connectivity index (χ2v) is 9.24. The number of halogens is 1. The number of thiophene rings is 1. The Morgan fingerprint density at radius 1 is 1.27 bits per heavy atom. The molecule has 1 saturated heterocycles.